The normalized spacial score (nSPS) is 26.1. The van der Waals surface area contributed by atoms with Crippen LogP contribution < -0.4 is 5.32 Å². The molecule has 170 valence electrons. The van der Waals surface area contributed by atoms with E-state index in [1.807, 2.05) is 13.0 Å². The van der Waals surface area contributed by atoms with Gasteiger partial charge in [-0.25, -0.2) is 4.79 Å². The number of ketones is 2. The van der Waals surface area contributed by atoms with Crippen LogP contribution in [0.5, 0.6) is 0 Å². The molecule has 0 aliphatic heterocycles. The van der Waals surface area contributed by atoms with Gasteiger partial charge >= 0.3 is 5.97 Å². The van der Waals surface area contributed by atoms with Crippen molar-refractivity contribution in [3.63, 3.8) is 0 Å². The largest absolute Gasteiger partial charge is 0.505 e. The molecule has 0 heterocycles. The number of carboxylic acids is 1. The Morgan fingerprint density at radius 1 is 1.42 bits per heavy atom. The summed E-state index contributed by atoms with van der Waals surface area (Å²) in [7, 11) is 0. The van der Waals surface area contributed by atoms with E-state index in [4.69, 9.17) is 10.2 Å². The summed E-state index contributed by atoms with van der Waals surface area (Å²) in [6.45, 7) is 9.99. The number of hydrogen-bond acceptors (Lipinski definition) is 6. The summed E-state index contributed by atoms with van der Waals surface area (Å²) in [4.78, 5) is 35.4. The van der Waals surface area contributed by atoms with Crippen molar-refractivity contribution in [3.05, 3.63) is 46.9 Å². The molecule has 0 aromatic carbocycles. The second-order valence-corrected chi connectivity index (χ2v) is 8.93. The quantitative estimate of drug-likeness (QED) is 0.251. The Bertz CT molecular complexity index is 865. The summed E-state index contributed by atoms with van der Waals surface area (Å²) >= 11 is 0. The van der Waals surface area contributed by atoms with Gasteiger partial charge in [0.25, 0.3) is 0 Å². The fraction of sp³-hybridized carbons (Fsp3) is 0.542. The van der Waals surface area contributed by atoms with E-state index >= 15 is 0 Å². The van der Waals surface area contributed by atoms with Crippen LogP contribution in [-0.4, -0.2) is 45.5 Å². The number of hydrogen-bond donors (Lipinski definition) is 4. The zero-order valence-corrected chi connectivity index (χ0v) is 18.5. The molecule has 0 radical (unpaired) electrons. The number of nitrogens with one attached hydrogen (secondary N) is 1. The lowest BCUT2D eigenvalue weighted by Crippen LogP contribution is -2.41. The Morgan fingerprint density at radius 2 is 2.10 bits per heavy atom. The van der Waals surface area contributed by atoms with Crippen LogP contribution in [0.4, 0.5) is 0 Å². The van der Waals surface area contributed by atoms with Gasteiger partial charge in [-0.05, 0) is 50.4 Å². The molecule has 0 aromatic rings. The first-order chi connectivity index (χ1) is 14.5. The Hall–Kier alpha value is -2.67. The minimum atomic E-state index is -1.40. The third kappa shape index (κ3) is 5.73. The van der Waals surface area contributed by atoms with Gasteiger partial charge in [0, 0.05) is 6.08 Å². The van der Waals surface area contributed by atoms with E-state index < -0.39 is 35.9 Å². The molecule has 0 saturated heterocycles. The van der Waals surface area contributed by atoms with Gasteiger partial charge in [0.1, 0.15) is 11.8 Å². The average Bonchev–Trinajstić information content (AvgIpc) is 2.72. The highest BCUT2D eigenvalue weighted by molar-refractivity contribution is 6.48. The second kappa shape index (κ2) is 10.1. The lowest BCUT2D eigenvalue weighted by Gasteiger charge is -2.40. The van der Waals surface area contributed by atoms with Crippen molar-refractivity contribution in [2.75, 3.05) is 6.61 Å². The first kappa shape index (κ1) is 24.6. The topological polar surface area (TPSA) is 124 Å². The average molecular weight is 432 g/mol. The van der Waals surface area contributed by atoms with E-state index in [9.17, 15) is 19.5 Å². The number of carbonyl (C=O) groups is 3. The minimum absolute atomic E-state index is 0.0617. The van der Waals surface area contributed by atoms with Crippen LogP contribution in [0.25, 0.3) is 0 Å². The van der Waals surface area contributed by atoms with E-state index in [2.05, 4.69) is 25.7 Å². The van der Waals surface area contributed by atoms with Crippen molar-refractivity contribution in [3.8, 4) is 0 Å². The van der Waals surface area contributed by atoms with Crippen molar-refractivity contribution in [2.45, 2.75) is 65.3 Å². The predicted octanol–water partition coefficient (Wildman–Crippen LogP) is 3.37. The molecule has 2 rings (SSSR count). The van der Waals surface area contributed by atoms with Gasteiger partial charge in [0.05, 0.1) is 17.9 Å². The Balaban J connectivity index is 2.11. The zero-order chi connectivity index (χ0) is 23.3. The van der Waals surface area contributed by atoms with Gasteiger partial charge in [0.2, 0.25) is 11.6 Å². The van der Waals surface area contributed by atoms with Crippen LogP contribution in [0.2, 0.25) is 0 Å². The van der Waals surface area contributed by atoms with Gasteiger partial charge in [0.15, 0.2) is 0 Å². The predicted molar refractivity (Wildman–Crippen MR) is 117 cm³/mol. The molecule has 0 aromatic heterocycles. The van der Waals surface area contributed by atoms with Gasteiger partial charge in [-0.3, -0.25) is 9.59 Å². The highest BCUT2D eigenvalue weighted by atomic mass is 16.4. The summed E-state index contributed by atoms with van der Waals surface area (Å²) in [5.41, 5.74) is 2.15. The third-order valence-electron chi connectivity index (χ3n) is 6.59. The fourth-order valence-corrected chi connectivity index (χ4v) is 4.22. The van der Waals surface area contributed by atoms with E-state index in [-0.39, 0.29) is 23.1 Å². The fourth-order valence-electron chi connectivity index (χ4n) is 4.22. The van der Waals surface area contributed by atoms with Crippen LogP contribution in [0.1, 0.15) is 59.3 Å². The lowest BCUT2D eigenvalue weighted by molar-refractivity contribution is -0.140. The first-order valence-corrected chi connectivity index (χ1v) is 10.7. The van der Waals surface area contributed by atoms with Crippen LogP contribution in [-0.2, 0) is 14.4 Å². The molecule has 0 amide bonds. The Labute approximate surface area is 183 Å². The van der Waals surface area contributed by atoms with E-state index in [1.54, 1.807) is 0 Å². The number of carboxylic acid groups (broad SMARTS) is 1. The van der Waals surface area contributed by atoms with Crippen molar-refractivity contribution >= 4 is 17.5 Å². The highest BCUT2D eigenvalue weighted by Gasteiger charge is 2.34. The van der Waals surface area contributed by atoms with Crippen molar-refractivity contribution < 1.29 is 29.7 Å². The maximum atomic E-state index is 12.3. The number of aliphatic hydroxyl groups excluding tert-OH is 2. The number of rotatable bonds is 9. The molecule has 1 fully saturated rings. The van der Waals surface area contributed by atoms with Crippen molar-refractivity contribution in [2.24, 2.45) is 11.3 Å². The Morgan fingerprint density at radius 3 is 2.71 bits per heavy atom. The van der Waals surface area contributed by atoms with Gasteiger partial charge in [-0.1, -0.05) is 44.1 Å². The third-order valence-corrected chi connectivity index (χ3v) is 6.59. The molecule has 2 aliphatic carbocycles. The molecular weight excluding hydrogens is 398 g/mol. The SMILES string of the molecule is C=C1[C@H](C)CCC[C@]1(C)CC/C(C)=C/CC1=C(O)C(N[C@H](CO)C(=O)O)=CC(=O)C1=O. The molecule has 31 heavy (non-hydrogen) atoms. The maximum absolute atomic E-state index is 12.3. The van der Waals surface area contributed by atoms with E-state index in [1.165, 1.54) is 18.4 Å². The smallest absolute Gasteiger partial charge is 0.328 e. The van der Waals surface area contributed by atoms with Gasteiger partial charge in [-0.2, -0.15) is 0 Å². The summed E-state index contributed by atoms with van der Waals surface area (Å²) in [6.07, 6.45) is 7.97. The molecule has 3 atom stereocenters. The summed E-state index contributed by atoms with van der Waals surface area (Å²) in [6, 6.07) is -1.40. The molecule has 7 heteroatoms. The number of aliphatic carboxylic acids is 1. The molecule has 4 N–H and O–H groups in total. The van der Waals surface area contributed by atoms with Crippen molar-refractivity contribution in [1.29, 1.82) is 0 Å². The molecule has 0 bridgehead atoms. The van der Waals surface area contributed by atoms with Crippen LogP contribution >= 0.6 is 0 Å². The molecule has 2 aliphatic rings. The lowest BCUT2D eigenvalue weighted by atomic mass is 9.65. The van der Waals surface area contributed by atoms with Crippen LogP contribution in [0.15, 0.2) is 46.9 Å². The number of carbonyl (C=O) groups excluding carboxylic acids is 2. The Kier molecular flexibility index (Phi) is 8.01. The number of Topliss-reactive ketones (excluding diaryl/α,β-unsaturated/α-hetero) is 1. The van der Waals surface area contributed by atoms with Gasteiger partial charge in [-0.15, -0.1) is 0 Å². The molecule has 1 saturated carbocycles. The first-order valence-electron chi connectivity index (χ1n) is 10.7. The summed E-state index contributed by atoms with van der Waals surface area (Å²) in [5, 5.41) is 31.1. The summed E-state index contributed by atoms with van der Waals surface area (Å²) < 4.78 is 0. The molecule has 0 spiro atoms. The monoisotopic (exact) mass is 431 g/mol. The summed E-state index contributed by atoms with van der Waals surface area (Å²) in [5.74, 6) is -2.95. The minimum Gasteiger partial charge on any atom is -0.505 e. The second-order valence-electron chi connectivity index (χ2n) is 8.93. The van der Waals surface area contributed by atoms with Crippen LogP contribution in [0.3, 0.4) is 0 Å². The standard InChI is InChI=1S/C24H33NO6/c1-14(9-11-24(4)10-5-6-15(2)16(24)3)7-8-17-21(28)18(12-20(27)22(17)29)25-19(13-26)23(30)31/h7,12,15,19,25-26,28H,3,5-6,8-11,13H2,1-2,4H3,(H,30,31)/b14-7+/t15-,19-,24-/m1/s1. The van der Waals surface area contributed by atoms with Crippen molar-refractivity contribution in [1.82, 2.24) is 5.32 Å². The molecule has 0 unspecified atom stereocenters. The molecule has 7 nitrogen and oxygen atoms in total. The zero-order valence-electron chi connectivity index (χ0n) is 18.5. The molecular formula is C24H33NO6. The van der Waals surface area contributed by atoms with Crippen LogP contribution in [0, 0.1) is 11.3 Å². The number of allylic oxidation sites excluding steroid dienone is 5. The maximum Gasteiger partial charge on any atom is 0.328 e. The number of aliphatic hydroxyl groups is 2. The van der Waals surface area contributed by atoms with E-state index in [0.29, 0.717) is 5.92 Å². The highest BCUT2D eigenvalue weighted by Crippen LogP contribution is 2.46. The van der Waals surface area contributed by atoms with E-state index in [0.717, 1.165) is 30.9 Å². The van der Waals surface area contributed by atoms with Gasteiger partial charge < -0.3 is 20.6 Å².